The van der Waals surface area contributed by atoms with Crippen molar-refractivity contribution in [1.29, 1.82) is 0 Å². The molecule has 5 rings (SSSR count). The number of nitrogens with zero attached hydrogens (tertiary/aromatic N) is 2. The molecular weight excluding hydrogens is 456 g/mol. The molecular formula is C28H26N4O4. The summed E-state index contributed by atoms with van der Waals surface area (Å²) in [4.78, 5) is 29.5. The van der Waals surface area contributed by atoms with Gasteiger partial charge in [0.1, 0.15) is 11.3 Å². The zero-order chi connectivity index (χ0) is 25.4. The van der Waals surface area contributed by atoms with Gasteiger partial charge in [-0.2, -0.15) is 10.6 Å². The van der Waals surface area contributed by atoms with Crippen LogP contribution in [0.5, 0.6) is 5.75 Å². The van der Waals surface area contributed by atoms with E-state index in [1.165, 1.54) is 0 Å². The molecule has 0 saturated carbocycles. The molecule has 0 saturated heterocycles. The van der Waals surface area contributed by atoms with E-state index in [2.05, 4.69) is 15.9 Å². The van der Waals surface area contributed by atoms with Gasteiger partial charge in [0.2, 0.25) is 6.41 Å². The summed E-state index contributed by atoms with van der Waals surface area (Å²) in [5, 5.41) is 9.36. The Morgan fingerprint density at radius 1 is 1.11 bits per heavy atom. The van der Waals surface area contributed by atoms with Crippen LogP contribution in [0, 0.1) is 13.8 Å². The van der Waals surface area contributed by atoms with Crippen LogP contribution in [-0.4, -0.2) is 16.2 Å². The van der Waals surface area contributed by atoms with E-state index in [1.807, 2.05) is 75.6 Å². The van der Waals surface area contributed by atoms with Gasteiger partial charge in [0, 0.05) is 35.3 Å². The van der Waals surface area contributed by atoms with Crippen LogP contribution in [0.2, 0.25) is 0 Å². The van der Waals surface area contributed by atoms with Crippen LogP contribution < -0.4 is 21.1 Å². The Morgan fingerprint density at radius 2 is 1.92 bits per heavy atom. The number of carbonyl (C=O) groups excluding carboxylic acids is 1. The van der Waals surface area contributed by atoms with Gasteiger partial charge in [-0.15, -0.1) is 0 Å². The third-order valence-electron chi connectivity index (χ3n) is 6.22. The maximum absolute atomic E-state index is 13.5. The number of amides is 1. The highest BCUT2D eigenvalue weighted by molar-refractivity contribution is 5.87. The predicted molar refractivity (Wildman–Crippen MR) is 140 cm³/mol. The maximum atomic E-state index is 13.5. The molecule has 8 heteroatoms. The van der Waals surface area contributed by atoms with Gasteiger partial charge >= 0.3 is 0 Å². The van der Waals surface area contributed by atoms with Crippen LogP contribution in [0.1, 0.15) is 29.7 Å². The van der Waals surface area contributed by atoms with Crippen molar-refractivity contribution in [2.24, 2.45) is 7.05 Å². The van der Waals surface area contributed by atoms with Crippen molar-refractivity contribution >= 4 is 34.0 Å². The summed E-state index contributed by atoms with van der Waals surface area (Å²) in [7, 11) is 1.88. The van der Waals surface area contributed by atoms with E-state index >= 15 is 0 Å². The van der Waals surface area contributed by atoms with E-state index in [1.54, 1.807) is 17.7 Å². The van der Waals surface area contributed by atoms with Gasteiger partial charge in [-0.1, -0.05) is 18.2 Å². The first kappa shape index (κ1) is 23.2. The topological polar surface area (TPSA) is 98.4 Å². The first-order valence-electron chi connectivity index (χ1n) is 11.6. The van der Waals surface area contributed by atoms with Crippen LogP contribution in [0.25, 0.3) is 33.2 Å². The summed E-state index contributed by atoms with van der Waals surface area (Å²) >= 11 is 0. The molecule has 0 unspecified atom stereocenters. The highest BCUT2D eigenvalue weighted by Crippen LogP contribution is 2.34. The van der Waals surface area contributed by atoms with E-state index in [9.17, 15) is 9.59 Å². The number of anilines is 1. The molecule has 5 aromatic rings. The lowest BCUT2D eigenvalue weighted by Crippen LogP contribution is -2.17. The Labute approximate surface area is 207 Å². The maximum Gasteiger partial charge on any atom is 0.239 e. The second-order valence-corrected chi connectivity index (χ2v) is 8.89. The van der Waals surface area contributed by atoms with Crippen LogP contribution >= 0.6 is 0 Å². The largest absolute Gasteiger partial charge is 0.455 e. The fraction of sp³-hybridized carbons (Fsp3) is 0.179. The number of carbonyl (C=O) groups is 1. The monoisotopic (exact) mass is 482 g/mol. The van der Waals surface area contributed by atoms with Crippen molar-refractivity contribution < 1.29 is 14.0 Å². The first-order valence-corrected chi connectivity index (χ1v) is 11.6. The quantitative estimate of drug-likeness (QED) is 0.245. The molecule has 0 radical (unpaired) electrons. The Balaban J connectivity index is 1.63. The van der Waals surface area contributed by atoms with Crippen LogP contribution in [0.3, 0.4) is 0 Å². The number of hydrogen-bond acceptors (Lipinski definition) is 6. The standard InChI is InChI=1S/C28H26N4O4/c1-16-11-21(18(3)30-24-7-5-6-8-25(24)36-29-15-33)28-22(12-16)26(34)17(2)27(35-28)19-9-10-23-20(13-19)14-32(4)31-23/h5-15,18,30H,1-4H3,(H,29,33)/t18-/m1/s1. The Bertz CT molecular complexity index is 1670. The van der Waals surface area contributed by atoms with Crippen molar-refractivity contribution in [1.82, 2.24) is 15.3 Å². The summed E-state index contributed by atoms with van der Waals surface area (Å²) in [6, 6.07) is 16.8. The fourth-order valence-electron chi connectivity index (χ4n) is 4.53. The van der Waals surface area contributed by atoms with Crippen molar-refractivity contribution in [3.8, 4) is 17.1 Å². The molecule has 182 valence electrons. The van der Waals surface area contributed by atoms with Gasteiger partial charge in [0.15, 0.2) is 11.2 Å². The van der Waals surface area contributed by atoms with Gasteiger partial charge in [-0.3, -0.25) is 14.3 Å². The van der Waals surface area contributed by atoms with Gasteiger partial charge in [-0.25, -0.2) is 0 Å². The summed E-state index contributed by atoms with van der Waals surface area (Å²) in [5.41, 5.74) is 7.42. The summed E-state index contributed by atoms with van der Waals surface area (Å²) < 4.78 is 8.26. The lowest BCUT2D eigenvalue weighted by atomic mass is 9.98. The molecule has 0 bridgehead atoms. The molecule has 0 aliphatic carbocycles. The average Bonchev–Trinajstić information content (AvgIpc) is 3.24. The second-order valence-electron chi connectivity index (χ2n) is 8.89. The molecule has 2 aromatic heterocycles. The van der Waals surface area contributed by atoms with E-state index in [-0.39, 0.29) is 11.5 Å². The predicted octanol–water partition coefficient (Wildman–Crippen LogP) is 5.18. The Kier molecular flexibility index (Phi) is 5.93. The van der Waals surface area contributed by atoms with Crippen molar-refractivity contribution in [3.05, 3.63) is 87.7 Å². The minimum Gasteiger partial charge on any atom is -0.455 e. The number of para-hydroxylation sites is 2. The van der Waals surface area contributed by atoms with Crippen molar-refractivity contribution in [3.63, 3.8) is 0 Å². The van der Waals surface area contributed by atoms with E-state index in [0.717, 1.165) is 27.6 Å². The number of hydroxylamine groups is 1. The molecule has 0 spiro atoms. The fourth-order valence-corrected chi connectivity index (χ4v) is 4.53. The molecule has 0 aliphatic rings. The SMILES string of the molecule is Cc1cc([C@@H](C)Nc2ccccc2ONC=O)c2oc(-c3ccc4nn(C)cc4c3)c(C)c(=O)c2c1. The number of nitrogens with one attached hydrogen (secondary N) is 2. The molecule has 36 heavy (non-hydrogen) atoms. The lowest BCUT2D eigenvalue weighted by molar-refractivity contribution is -0.115. The zero-order valence-corrected chi connectivity index (χ0v) is 20.5. The number of aryl methyl sites for hydroxylation is 2. The molecule has 8 nitrogen and oxygen atoms in total. The van der Waals surface area contributed by atoms with E-state index in [4.69, 9.17) is 9.25 Å². The molecule has 0 aliphatic heterocycles. The van der Waals surface area contributed by atoms with E-state index in [0.29, 0.717) is 40.1 Å². The first-order chi connectivity index (χ1) is 17.4. The summed E-state index contributed by atoms with van der Waals surface area (Å²) in [6.45, 7) is 5.74. The number of fused-ring (bicyclic) bond motifs is 2. The highest BCUT2D eigenvalue weighted by Gasteiger charge is 2.20. The highest BCUT2D eigenvalue weighted by atomic mass is 16.7. The van der Waals surface area contributed by atoms with Gasteiger partial charge in [-0.05, 0) is 62.7 Å². The number of rotatable bonds is 7. The van der Waals surface area contributed by atoms with E-state index < -0.39 is 0 Å². The third kappa shape index (κ3) is 4.17. The molecule has 3 aromatic carbocycles. The van der Waals surface area contributed by atoms with Gasteiger partial charge in [0.05, 0.1) is 22.6 Å². The summed E-state index contributed by atoms with van der Waals surface area (Å²) in [5.74, 6) is 1.01. The molecule has 2 N–H and O–H groups in total. The number of aromatic nitrogens is 2. The lowest BCUT2D eigenvalue weighted by Gasteiger charge is -2.20. The van der Waals surface area contributed by atoms with Gasteiger partial charge in [0.25, 0.3) is 0 Å². The number of hydrogen-bond donors (Lipinski definition) is 2. The minimum absolute atomic E-state index is 0.0615. The van der Waals surface area contributed by atoms with Gasteiger partial charge < -0.3 is 14.6 Å². The molecule has 0 fully saturated rings. The molecule has 1 atom stereocenters. The Morgan fingerprint density at radius 3 is 2.72 bits per heavy atom. The summed E-state index contributed by atoms with van der Waals surface area (Å²) in [6.07, 6.45) is 2.41. The smallest absolute Gasteiger partial charge is 0.239 e. The van der Waals surface area contributed by atoms with Crippen molar-refractivity contribution in [2.75, 3.05) is 5.32 Å². The van der Waals surface area contributed by atoms with Crippen LogP contribution in [-0.2, 0) is 11.8 Å². The normalized spacial score (nSPS) is 12.0. The van der Waals surface area contributed by atoms with Crippen LogP contribution in [0.15, 0.2) is 70.0 Å². The Hall–Kier alpha value is -4.59. The second kappa shape index (κ2) is 9.22. The van der Waals surface area contributed by atoms with Crippen LogP contribution in [0.4, 0.5) is 5.69 Å². The average molecular weight is 483 g/mol. The van der Waals surface area contributed by atoms with Crippen molar-refractivity contribution in [2.45, 2.75) is 26.8 Å². The zero-order valence-electron chi connectivity index (χ0n) is 20.5. The molecule has 1 amide bonds. The number of benzene rings is 3. The third-order valence-corrected chi connectivity index (χ3v) is 6.22. The minimum atomic E-state index is -0.243. The molecule has 2 heterocycles.